The molecule has 8 nitrogen and oxygen atoms in total. The van der Waals surface area contributed by atoms with E-state index >= 15 is 0 Å². The van der Waals surface area contributed by atoms with Gasteiger partial charge in [0.15, 0.2) is 5.16 Å². The minimum Gasteiger partial charge on any atom is -0.310 e. The molecule has 30 heavy (non-hydrogen) atoms. The van der Waals surface area contributed by atoms with E-state index in [2.05, 4.69) is 15.3 Å². The highest BCUT2D eigenvalue weighted by Gasteiger charge is 2.31. The van der Waals surface area contributed by atoms with Gasteiger partial charge in [-0.2, -0.15) is 0 Å². The fraction of sp³-hybridized carbons (Fsp3) is 0.150. The number of nitro groups is 1. The van der Waals surface area contributed by atoms with Gasteiger partial charge in [0.25, 0.3) is 11.2 Å². The van der Waals surface area contributed by atoms with Crippen LogP contribution in [0.15, 0.2) is 58.5 Å². The van der Waals surface area contributed by atoms with Crippen LogP contribution in [-0.4, -0.2) is 20.8 Å². The van der Waals surface area contributed by atoms with E-state index in [0.29, 0.717) is 16.5 Å². The molecule has 1 amide bonds. The Bertz CT molecular complexity index is 1200. The molecule has 0 spiro atoms. The molecule has 2 N–H and O–H groups in total. The number of H-pyrrole nitrogens is 1. The van der Waals surface area contributed by atoms with Crippen molar-refractivity contribution in [3.05, 3.63) is 91.5 Å². The number of halogens is 1. The molecule has 0 saturated heterocycles. The first-order valence-corrected chi connectivity index (χ1v) is 9.95. The van der Waals surface area contributed by atoms with Gasteiger partial charge >= 0.3 is 0 Å². The second-order valence-electron chi connectivity index (χ2n) is 6.71. The molecule has 152 valence electrons. The van der Waals surface area contributed by atoms with E-state index in [4.69, 9.17) is 0 Å². The normalized spacial score (nSPS) is 15.4. The van der Waals surface area contributed by atoms with Gasteiger partial charge in [0.2, 0.25) is 5.91 Å². The molecule has 2 heterocycles. The quantitative estimate of drug-likeness (QED) is 0.279. The summed E-state index contributed by atoms with van der Waals surface area (Å²) in [5.41, 5.74) is 1.08. The summed E-state index contributed by atoms with van der Waals surface area (Å²) >= 11 is 1.24. The number of hydrogen-bond acceptors (Lipinski definition) is 6. The van der Waals surface area contributed by atoms with Gasteiger partial charge in [-0.25, -0.2) is 9.37 Å². The largest absolute Gasteiger partial charge is 0.310 e. The molecule has 1 aromatic heterocycles. The summed E-state index contributed by atoms with van der Waals surface area (Å²) in [7, 11) is 0. The number of benzene rings is 2. The minimum atomic E-state index is -0.638. The van der Waals surface area contributed by atoms with Crippen molar-refractivity contribution in [2.45, 2.75) is 23.2 Å². The zero-order valence-electron chi connectivity index (χ0n) is 15.4. The van der Waals surface area contributed by atoms with Crippen LogP contribution in [0.1, 0.15) is 29.0 Å². The van der Waals surface area contributed by atoms with Gasteiger partial charge in [0.05, 0.1) is 10.5 Å². The van der Waals surface area contributed by atoms with Crippen molar-refractivity contribution >= 4 is 29.2 Å². The predicted octanol–water partition coefficient (Wildman–Crippen LogP) is 3.58. The lowest BCUT2D eigenvalue weighted by Crippen LogP contribution is -2.31. The molecule has 0 aliphatic carbocycles. The SMILES string of the molecule is O=C1CC(c2cccc([N+](=O)[O-])c2)c2c(nc(SCc3ccc(F)cc3)[nH]c2=O)N1. The Morgan fingerprint density at radius 1 is 1.20 bits per heavy atom. The first-order valence-electron chi connectivity index (χ1n) is 8.96. The number of carbonyl (C=O) groups is 1. The molecule has 3 aromatic rings. The number of nitrogens with zero attached hydrogens (tertiary/aromatic N) is 2. The summed E-state index contributed by atoms with van der Waals surface area (Å²) in [6.45, 7) is 0. The van der Waals surface area contributed by atoms with Crippen LogP contribution in [-0.2, 0) is 10.5 Å². The summed E-state index contributed by atoms with van der Waals surface area (Å²) < 4.78 is 13.0. The van der Waals surface area contributed by atoms with Crippen LogP contribution in [0.2, 0.25) is 0 Å². The maximum atomic E-state index is 13.0. The summed E-state index contributed by atoms with van der Waals surface area (Å²) in [6.07, 6.45) is -0.0129. The van der Waals surface area contributed by atoms with Crippen molar-refractivity contribution in [3.63, 3.8) is 0 Å². The maximum absolute atomic E-state index is 13.0. The van der Waals surface area contributed by atoms with Crippen molar-refractivity contribution in [2.75, 3.05) is 5.32 Å². The minimum absolute atomic E-state index is 0.0129. The molecule has 0 radical (unpaired) electrons. The van der Waals surface area contributed by atoms with Gasteiger partial charge < -0.3 is 10.3 Å². The first-order chi connectivity index (χ1) is 14.4. The van der Waals surface area contributed by atoms with Gasteiger partial charge in [0.1, 0.15) is 11.6 Å². The fourth-order valence-corrected chi connectivity index (χ4v) is 4.11. The molecule has 0 fully saturated rings. The summed E-state index contributed by atoms with van der Waals surface area (Å²) in [5, 5.41) is 14.0. The molecular weight excluding hydrogens is 411 g/mol. The standard InChI is InChI=1S/C20H15FN4O4S/c21-13-6-4-11(5-7-13)10-30-20-23-18-17(19(27)24-20)15(9-16(26)22-18)12-2-1-3-14(8-12)25(28)29/h1-8,15H,9-10H2,(H2,22,23,24,26,27). The summed E-state index contributed by atoms with van der Waals surface area (Å²) in [4.78, 5) is 42.7. The average molecular weight is 426 g/mol. The molecule has 1 unspecified atom stereocenters. The smallest absolute Gasteiger partial charge is 0.269 e. The zero-order valence-corrected chi connectivity index (χ0v) is 16.2. The van der Waals surface area contributed by atoms with Crippen molar-refractivity contribution in [3.8, 4) is 0 Å². The highest BCUT2D eigenvalue weighted by Crippen LogP contribution is 2.35. The number of nitrogens with one attached hydrogen (secondary N) is 2. The second kappa shape index (κ2) is 8.07. The van der Waals surface area contributed by atoms with Crippen molar-refractivity contribution in [2.24, 2.45) is 0 Å². The predicted molar refractivity (Wildman–Crippen MR) is 109 cm³/mol. The highest BCUT2D eigenvalue weighted by molar-refractivity contribution is 7.98. The van der Waals surface area contributed by atoms with E-state index in [-0.39, 0.29) is 35.2 Å². The Balaban J connectivity index is 1.66. The van der Waals surface area contributed by atoms with E-state index in [1.165, 1.54) is 42.1 Å². The topological polar surface area (TPSA) is 118 Å². The van der Waals surface area contributed by atoms with Crippen LogP contribution in [0.5, 0.6) is 0 Å². The molecule has 0 bridgehead atoms. The third-order valence-corrected chi connectivity index (χ3v) is 5.65. The lowest BCUT2D eigenvalue weighted by molar-refractivity contribution is -0.384. The van der Waals surface area contributed by atoms with Crippen molar-refractivity contribution in [1.82, 2.24) is 9.97 Å². The number of hydrogen-bond donors (Lipinski definition) is 2. The third-order valence-electron chi connectivity index (χ3n) is 4.70. The Morgan fingerprint density at radius 3 is 2.70 bits per heavy atom. The Labute approximate surface area is 173 Å². The lowest BCUT2D eigenvalue weighted by atomic mass is 9.86. The Hall–Kier alpha value is -3.53. The van der Waals surface area contributed by atoms with Gasteiger partial charge in [-0.05, 0) is 23.3 Å². The van der Waals surface area contributed by atoms with Crippen LogP contribution in [0.3, 0.4) is 0 Å². The van der Waals surface area contributed by atoms with Crippen LogP contribution in [0.4, 0.5) is 15.9 Å². The molecule has 10 heteroatoms. The van der Waals surface area contributed by atoms with Crippen molar-refractivity contribution < 1.29 is 14.1 Å². The number of carbonyl (C=O) groups excluding carboxylic acids is 1. The van der Waals surface area contributed by atoms with Crippen LogP contribution in [0.25, 0.3) is 0 Å². The number of aromatic amines is 1. The second-order valence-corrected chi connectivity index (χ2v) is 7.67. The van der Waals surface area contributed by atoms with E-state index in [1.807, 2.05) is 0 Å². The average Bonchev–Trinajstić information content (AvgIpc) is 2.72. The third kappa shape index (κ3) is 4.08. The fourth-order valence-electron chi connectivity index (χ4n) is 3.29. The molecule has 1 aliphatic rings. The Kier molecular flexibility index (Phi) is 5.32. The van der Waals surface area contributed by atoms with E-state index in [0.717, 1.165) is 5.56 Å². The molecular formula is C20H15FN4O4S. The molecule has 0 saturated carbocycles. The summed E-state index contributed by atoms with van der Waals surface area (Å²) in [6, 6.07) is 11.9. The van der Waals surface area contributed by atoms with E-state index in [9.17, 15) is 24.1 Å². The lowest BCUT2D eigenvalue weighted by Gasteiger charge is -2.24. The molecule has 1 atom stereocenters. The van der Waals surface area contributed by atoms with E-state index < -0.39 is 16.4 Å². The summed E-state index contributed by atoms with van der Waals surface area (Å²) in [5.74, 6) is -0.704. The number of fused-ring (bicyclic) bond motifs is 1. The van der Waals surface area contributed by atoms with Gasteiger partial charge in [0, 0.05) is 30.2 Å². The van der Waals surface area contributed by atoms with Gasteiger partial charge in [-0.1, -0.05) is 36.0 Å². The van der Waals surface area contributed by atoms with Crippen LogP contribution < -0.4 is 10.9 Å². The Morgan fingerprint density at radius 2 is 1.97 bits per heavy atom. The van der Waals surface area contributed by atoms with Crippen LogP contribution >= 0.6 is 11.8 Å². The molecule has 4 rings (SSSR count). The maximum Gasteiger partial charge on any atom is 0.269 e. The zero-order chi connectivity index (χ0) is 21.3. The van der Waals surface area contributed by atoms with Gasteiger partial charge in [-0.15, -0.1) is 0 Å². The number of rotatable bonds is 5. The monoisotopic (exact) mass is 426 g/mol. The van der Waals surface area contributed by atoms with E-state index in [1.54, 1.807) is 18.2 Å². The highest BCUT2D eigenvalue weighted by atomic mass is 32.2. The van der Waals surface area contributed by atoms with Gasteiger partial charge in [-0.3, -0.25) is 19.7 Å². The molecule has 1 aliphatic heterocycles. The molecule has 2 aromatic carbocycles. The van der Waals surface area contributed by atoms with Crippen molar-refractivity contribution in [1.29, 1.82) is 0 Å². The first kappa shape index (κ1) is 19.8. The van der Waals surface area contributed by atoms with Crippen LogP contribution in [0, 0.1) is 15.9 Å². The number of amides is 1. The number of non-ortho nitro benzene ring substituents is 1. The number of nitro benzene ring substituents is 1. The number of aromatic nitrogens is 2. The number of thioether (sulfide) groups is 1. The number of anilines is 1.